The van der Waals surface area contributed by atoms with Gasteiger partial charge in [0.15, 0.2) is 0 Å². The predicted molar refractivity (Wildman–Crippen MR) is 51.1 cm³/mol. The zero-order valence-electron chi connectivity index (χ0n) is 7.93. The zero-order chi connectivity index (χ0) is 10.9. The molecule has 0 aliphatic rings. The SMILES string of the molecule is CC(C)[C@H](N)c1cscc1C(F)(F)F. The van der Waals surface area contributed by atoms with Crippen molar-refractivity contribution in [1.82, 2.24) is 0 Å². The molecule has 0 saturated heterocycles. The third kappa shape index (κ3) is 2.27. The summed E-state index contributed by atoms with van der Waals surface area (Å²) >= 11 is 1.04. The van der Waals surface area contributed by atoms with Crippen LogP contribution < -0.4 is 5.73 Å². The largest absolute Gasteiger partial charge is 0.417 e. The van der Waals surface area contributed by atoms with Crippen LogP contribution in [0.4, 0.5) is 13.2 Å². The number of nitrogens with two attached hydrogens (primary N) is 1. The molecule has 0 aliphatic carbocycles. The van der Waals surface area contributed by atoms with E-state index in [0.717, 1.165) is 16.7 Å². The highest BCUT2D eigenvalue weighted by Crippen LogP contribution is 2.37. The van der Waals surface area contributed by atoms with Gasteiger partial charge in [-0.3, -0.25) is 0 Å². The Morgan fingerprint density at radius 1 is 1.29 bits per heavy atom. The van der Waals surface area contributed by atoms with Gasteiger partial charge in [0.25, 0.3) is 0 Å². The van der Waals surface area contributed by atoms with Crippen molar-refractivity contribution in [3.8, 4) is 0 Å². The van der Waals surface area contributed by atoms with Crippen molar-refractivity contribution in [3.63, 3.8) is 0 Å². The number of alkyl halides is 3. The molecule has 0 bridgehead atoms. The average Bonchev–Trinajstić information content (AvgIpc) is 2.48. The fourth-order valence-electron chi connectivity index (χ4n) is 1.15. The first-order valence-corrected chi connectivity index (χ1v) is 5.17. The van der Waals surface area contributed by atoms with Gasteiger partial charge in [0.1, 0.15) is 0 Å². The minimum Gasteiger partial charge on any atom is -0.324 e. The monoisotopic (exact) mass is 223 g/mol. The molecule has 0 unspecified atom stereocenters. The van der Waals surface area contributed by atoms with E-state index in [1.54, 1.807) is 0 Å². The number of halogens is 3. The van der Waals surface area contributed by atoms with Crippen LogP contribution >= 0.6 is 11.3 Å². The molecule has 80 valence electrons. The summed E-state index contributed by atoms with van der Waals surface area (Å²) < 4.78 is 37.4. The van der Waals surface area contributed by atoms with Crippen molar-refractivity contribution >= 4 is 11.3 Å². The van der Waals surface area contributed by atoms with Crippen LogP contribution in [-0.2, 0) is 6.18 Å². The van der Waals surface area contributed by atoms with Gasteiger partial charge >= 0.3 is 6.18 Å². The van der Waals surface area contributed by atoms with E-state index < -0.39 is 17.8 Å². The van der Waals surface area contributed by atoms with Crippen molar-refractivity contribution in [2.75, 3.05) is 0 Å². The van der Waals surface area contributed by atoms with Crippen molar-refractivity contribution in [2.24, 2.45) is 11.7 Å². The van der Waals surface area contributed by atoms with Crippen LogP contribution in [0.15, 0.2) is 10.8 Å². The van der Waals surface area contributed by atoms with E-state index in [0.29, 0.717) is 0 Å². The van der Waals surface area contributed by atoms with Gasteiger partial charge in [0.2, 0.25) is 0 Å². The van der Waals surface area contributed by atoms with E-state index in [1.807, 2.05) is 13.8 Å². The predicted octanol–water partition coefficient (Wildman–Crippen LogP) is 3.42. The summed E-state index contributed by atoms with van der Waals surface area (Å²) in [7, 11) is 0. The van der Waals surface area contributed by atoms with Crippen molar-refractivity contribution in [2.45, 2.75) is 26.1 Å². The van der Waals surface area contributed by atoms with Gasteiger partial charge in [-0.15, -0.1) is 0 Å². The Morgan fingerprint density at radius 2 is 1.86 bits per heavy atom. The number of hydrogen-bond donors (Lipinski definition) is 1. The quantitative estimate of drug-likeness (QED) is 0.816. The van der Waals surface area contributed by atoms with Crippen molar-refractivity contribution < 1.29 is 13.2 Å². The van der Waals surface area contributed by atoms with Crippen LogP contribution in [0.2, 0.25) is 0 Å². The normalized spacial score (nSPS) is 14.8. The maximum atomic E-state index is 12.5. The van der Waals surface area contributed by atoms with Crippen LogP contribution in [0.3, 0.4) is 0 Å². The van der Waals surface area contributed by atoms with Gasteiger partial charge in [-0.1, -0.05) is 13.8 Å². The molecule has 0 spiro atoms. The maximum absolute atomic E-state index is 12.5. The number of rotatable bonds is 2. The third-order valence-electron chi connectivity index (χ3n) is 2.07. The van der Waals surface area contributed by atoms with Crippen LogP contribution in [0, 0.1) is 5.92 Å². The molecule has 0 aliphatic heterocycles. The second kappa shape index (κ2) is 3.90. The van der Waals surface area contributed by atoms with E-state index in [2.05, 4.69) is 0 Å². The van der Waals surface area contributed by atoms with Gasteiger partial charge in [-0.25, -0.2) is 0 Å². The molecule has 2 N–H and O–H groups in total. The summed E-state index contributed by atoms with van der Waals surface area (Å²) in [6.45, 7) is 3.62. The average molecular weight is 223 g/mol. The Morgan fingerprint density at radius 3 is 2.29 bits per heavy atom. The minimum absolute atomic E-state index is 0.00528. The van der Waals surface area contributed by atoms with Crippen molar-refractivity contribution in [1.29, 1.82) is 0 Å². The lowest BCUT2D eigenvalue weighted by Crippen LogP contribution is -2.20. The summed E-state index contributed by atoms with van der Waals surface area (Å²) in [5.74, 6) is 0.00528. The smallest absolute Gasteiger partial charge is 0.324 e. The summed E-state index contributed by atoms with van der Waals surface area (Å²) in [5, 5.41) is 2.59. The van der Waals surface area contributed by atoms with Crippen LogP contribution in [0.1, 0.15) is 31.0 Å². The maximum Gasteiger partial charge on any atom is 0.417 e. The number of hydrogen-bond acceptors (Lipinski definition) is 2. The van der Waals surface area contributed by atoms with Gasteiger partial charge in [-0.2, -0.15) is 24.5 Å². The van der Waals surface area contributed by atoms with Crippen molar-refractivity contribution in [3.05, 3.63) is 21.9 Å². The topological polar surface area (TPSA) is 26.0 Å². The molecule has 0 amide bonds. The molecule has 1 rings (SSSR count). The molecular formula is C9H12F3NS. The van der Waals surface area contributed by atoms with Crippen LogP contribution in [-0.4, -0.2) is 0 Å². The Hall–Kier alpha value is -0.550. The first kappa shape index (κ1) is 11.5. The second-order valence-electron chi connectivity index (χ2n) is 3.51. The molecule has 1 nitrogen and oxygen atoms in total. The second-order valence-corrected chi connectivity index (χ2v) is 4.25. The zero-order valence-corrected chi connectivity index (χ0v) is 8.75. The Balaban J connectivity index is 3.05. The number of thiophene rings is 1. The molecule has 5 heteroatoms. The standard InChI is InChI=1S/C9H12F3NS/c1-5(2)8(13)6-3-14-4-7(6)9(10,11)12/h3-5,8H,13H2,1-2H3/t8-/m0/s1. The molecular weight excluding hydrogens is 211 g/mol. The molecule has 1 aromatic heterocycles. The highest BCUT2D eigenvalue weighted by Gasteiger charge is 2.35. The third-order valence-corrected chi connectivity index (χ3v) is 2.84. The first-order chi connectivity index (χ1) is 6.34. The van der Waals surface area contributed by atoms with Gasteiger partial charge in [-0.05, 0) is 16.9 Å². The highest BCUT2D eigenvalue weighted by atomic mass is 32.1. The van der Waals surface area contributed by atoms with E-state index in [-0.39, 0.29) is 11.5 Å². The summed E-state index contributed by atoms with van der Waals surface area (Å²) in [6.07, 6.45) is -4.29. The van der Waals surface area contributed by atoms with E-state index >= 15 is 0 Å². The highest BCUT2D eigenvalue weighted by molar-refractivity contribution is 7.08. The Labute approximate surface area is 84.7 Å². The molecule has 14 heavy (non-hydrogen) atoms. The summed E-state index contributed by atoms with van der Waals surface area (Å²) in [5.41, 5.74) is 5.30. The molecule has 0 saturated carbocycles. The van der Waals surface area contributed by atoms with E-state index in [1.165, 1.54) is 5.38 Å². The van der Waals surface area contributed by atoms with Gasteiger partial charge in [0.05, 0.1) is 5.56 Å². The Kier molecular flexibility index (Phi) is 3.21. The van der Waals surface area contributed by atoms with Crippen LogP contribution in [0.5, 0.6) is 0 Å². The summed E-state index contributed by atoms with van der Waals surface area (Å²) in [6, 6.07) is -0.544. The van der Waals surface area contributed by atoms with E-state index in [9.17, 15) is 13.2 Å². The molecule has 1 atom stereocenters. The lowest BCUT2D eigenvalue weighted by molar-refractivity contribution is -0.138. The van der Waals surface area contributed by atoms with Gasteiger partial charge < -0.3 is 5.73 Å². The van der Waals surface area contributed by atoms with Gasteiger partial charge in [0, 0.05) is 11.4 Å². The fourth-order valence-corrected chi connectivity index (χ4v) is 2.06. The first-order valence-electron chi connectivity index (χ1n) is 4.23. The minimum atomic E-state index is -4.29. The molecule has 0 fully saturated rings. The Bertz CT molecular complexity index is 303. The lowest BCUT2D eigenvalue weighted by Gasteiger charge is -2.17. The molecule has 1 heterocycles. The van der Waals surface area contributed by atoms with E-state index in [4.69, 9.17) is 5.73 Å². The fraction of sp³-hybridized carbons (Fsp3) is 0.556. The molecule has 1 aromatic rings. The van der Waals surface area contributed by atoms with Crippen LogP contribution in [0.25, 0.3) is 0 Å². The molecule has 0 radical (unpaired) electrons. The molecule has 0 aromatic carbocycles. The summed E-state index contributed by atoms with van der Waals surface area (Å²) in [4.78, 5) is 0. The lowest BCUT2D eigenvalue weighted by atomic mass is 9.96.